The molecule has 1 aromatic heterocycles. The molecule has 2 saturated heterocycles. The Balaban J connectivity index is 1.21. The molecule has 2 aromatic rings. The van der Waals surface area contributed by atoms with Gasteiger partial charge in [0.2, 0.25) is 5.88 Å². The quantitative estimate of drug-likeness (QED) is 0.567. The highest BCUT2D eigenvalue weighted by Crippen LogP contribution is 2.21. The first kappa shape index (κ1) is 20.6. The van der Waals surface area contributed by atoms with Crippen LogP contribution in [0.25, 0.3) is 11.3 Å². The van der Waals surface area contributed by atoms with Crippen LogP contribution < -0.4 is 15.1 Å². The molecular weight excluding hydrogens is 382 g/mol. The summed E-state index contributed by atoms with van der Waals surface area (Å²) in [6, 6.07) is 9.76. The van der Waals surface area contributed by atoms with Gasteiger partial charge in [0, 0.05) is 24.7 Å². The van der Waals surface area contributed by atoms with Crippen LogP contribution in [0, 0.1) is 6.92 Å². The van der Waals surface area contributed by atoms with Crippen LogP contribution in [0.1, 0.15) is 18.4 Å². The van der Waals surface area contributed by atoms with Crippen molar-refractivity contribution in [3.63, 3.8) is 0 Å². The van der Waals surface area contributed by atoms with Crippen LogP contribution in [0.3, 0.4) is 0 Å². The van der Waals surface area contributed by atoms with E-state index in [0.717, 1.165) is 57.7 Å². The fraction of sp³-hybridized carbons (Fsp3) is 0.500. The van der Waals surface area contributed by atoms with E-state index >= 15 is 0 Å². The molecule has 0 spiro atoms. The van der Waals surface area contributed by atoms with E-state index in [9.17, 15) is 9.59 Å². The van der Waals surface area contributed by atoms with E-state index in [2.05, 4.69) is 10.5 Å². The number of amides is 2. The molecule has 4 rings (SSSR count). The van der Waals surface area contributed by atoms with E-state index < -0.39 is 0 Å². The van der Waals surface area contributed by atoms with Gasteiger partial charge in [-0.05, 0) is 19.8 Å². The van der Waals surface area contributed by atoms with Gasteiger partial charge in [0.25, 0.3) is 11.8 Å². The lowest BCUT2D eigenvalue weighted by Gasteiger charge is -2.29. The van der Waals surface area contributed by atoms with Crippen LogP contribution in [-0.4, -0.2) is 74.2 Å². The van der Waals surface area contributed by atoms with E-state index in [1.165, 1.54) is 15.4 Å². The molecule has 8 heteroatoms. The van der Waals surface area contributed by atoms with Gasteiger partial charge in [-0.25, -0.2) is 0 Å². The molecule has 30 heavy (non-hydrogen) atoms. The van der Waals surface area contributed by atoms with E-state index in [1.54, 1.807) is 6.07 Å². The highest BCUT2D eigenvalue weighted by atomic mass is 16.5. The molecule has 0 radical (unpaired) electrons. The third-order valence-electron chi connectivity index (χ3n) is 6.05. The SMILES string of the molecule is Cc1ccc(-c2cc(NC(=O)C[NH+]3CC[NH+](CC(=O)N4CCCC4)CC3)on2)cc1. The second-order valence-electron chi connectivity index (χ2n) is 8.43. The van der Waals surface area contributed by atoms with Crippen LogP contribution >= 0.6 is 0 Å². The van der Waals surface area contributed by atoms with Gasteiger partial charge in [0.1, 0.15) is 31.9 Å². The largest absolute Gasteiger partial charge is 0.338 e. The van der Waals surface area contributed by atoms with Gasteiger partial charge in [-0.3, -0.25) is 14.9 Å². The molecule has 3 N–H and O–H groups in total. The molecule has 2 aliphatic heterocycles. The van der Waals surface area contributed by atoms with Gasteiger partial charge < -0.3 is 19.2 Å². The maximum absolute atomic E-state index is 12.4. The molecule has 2 amide bonds. The summed E-state index contributed by atoms with van der Waals surface area (Å²) in [5.41, 5.74) is 2.84. The van der Waals surface area contributed by atoms with Crippen molar-refractivity contribution in [2.45, 2.75) is 19.8 Å². The average molecular weight is 414 g/mol. The Morgan fingerprint density at radius 1 is 1.03 bits per heavy atom. The lowest BCUT2D eigenvalue weighted by Crippen LogP contribution is -3.28. The van der Waals surface area contributed by atoms with Crippen molar-refractivity contribution in [2.75, 3.05) is 57.7 Å². The molecule has 2 aliphatic rings. The van der Waals surface area contributed by atoms with Crippen molar-refractivity contribution in [3.05, 3.63) is 35.9 Å². The first-order valence-electron chi connectivity index (χ1n) is 10.9. The molecule has 1 aromatic carbocycles. The van der Waals surface area contributed by atoms with Gasteiger partial charge in [-0.15, -0.1) is 0 Å². The van der Waals surface area contributed by atoms with E-state index in [-0.39, 0.29) is 11.8 Å². The van der Waals surface area contributed by atoms with Crippen molar-refractivity contribution >= 4 is 17.7 Å². The third-order valence-corrected chi connectivity index (χ3v) is 6.05. The first-order valence-corrected chi connectivity index (χ1v) is 10.9. The zero-order chi connectivity index (χ0) is 20.9. The fourth-order valence-electron chi connectivity index (χ4n) is 4.21. The maximum Gasteiger partial charge on any atom is 0.281 e. The summed E-state index contributed by atoms with van der Waals surface area (Å²) < 4.78 is 5.28. The number of hydrogen-bond donors (Lipinski definition) is 3. The number of aryl methyl sites for hydroxylation is 1. The van der Waals surface area contributed by atoms with Crippen LogP contribution in [0.4, 0.5) is 5.88 Å². The molecule has 0 aliphatic carbocycles. The van der Waals surface area contributed by atoms with Crippen LogP contribution in [-0.2, 0) is 9.59 Å². The monoisotopic (exact) mass is 413 g/mol. The van der Waals surface area contributed by atoms with Crippen LogP contribution in [0.2, 0.25) is 0 Å². The molecule has 0 saturated carbocycles. The Bertz CT molecular complexity index is 865. The minimum absolute atomic E-state index is 0.0757. The zero-order valence-corrected chi connectivity index (χ0v) is 17.6. The highest BCUT2D eigenvalue weighted by molar-refractivity contribution is 5.90. The summed E-state index contributed by atoms with van der Waals surface area (Å²) in [7, 11) is 0. The summed E-state index contributed by atoms with van der Waals surface area (Å²) in [6.07, 6.45) is 2.26. The molecule has 0 bridgehead atoms. The number of carbonyl (C=O) groups is 2. The lowest BCUT2D eigenvalue weighted by molar-refractivity contribution is -1.00. The van der Waals surface area contributed by atoms with Crippen molar-refractivity contribution in [1.29, 1.82) is 0 Å². The number of piperazine rings is 1. The third kappa shape index (κ3) is 5.25. The standard InChI is InChI=1S/C22H29N5O3/c1-17-4-6-18(7-5-17)19-14-21(30-24-19)23-20(28)15-25-10-12-26(13-11-25)16-22(29)27-8-2-3-9-27/h4-7,14H,2-3,8-13,15-16H2,1H3,(H,23,28)/p+2. The summed E-state index contributed by atoms with van der Waals surface area (Å²) in [5.74, 6) is 0.571. The molecule has 8 nitrogen and oxygen atoms in total. The van der Waals surface area contributed by atoms with Gasteiger partial charge >= 0.3 is 0 Å². The van der Waals surface area contributed by atoms with Gasteiger partial charge in [-0.1, -0.05) is 35.0 Å². The Morgan fingerprint density at radius 2 is 1.67 bits per heavy atom. The summed E-state index contributed by atoms with van der Waals surface area (Å²) in [5, 5.41) is 6.87. The second-order valence-corrected chi connectivity index (χ2v) is 8.43. The van der Waals surface area contributed by atoms with E-state index in [4.69, 9.17) is 4.52 Å². The Labute approximate surface area is 176 Å². The number of quaternary nitrogens is 2. The van der Waals surface area contributed by atoms with E-state index in [1.807, 2.05) is 36.1 Å². The number of nitrogens with zero attached hydrogens (tertiary/aromatic N) is 2. The lowest BCUT2D eigenvalue weighted by atomic mass is 10.1. The number of likely N-dealkylation sites (tertiary alicyclic amines) is 1. The Kier molecular flexibility index (Phi) is 6.44. The number of nitrogens with one attached hydrogen (secondary N) is 3. The summed E-state index contributed by atoms with van der Waals surface area (Å²) >= 11 is 0. The predicted octanol–water partition coefficient (Wildman–Crippen LogP) is -1.01. The number of aromatic nitrogens is 1. The molecule has 3 heterocycles. The van der Waals surface area contributed by atoms with Gasteiger partial charge in [0.05, 0.1) is 0 Å². The molecular formula is C22H31N5O3+2. The number of hydrogen-bond acceptors (Lipinski definition) is 4. The van der Waals surface area contributed by atoms with Crippen LogP contribution in [0.5, 0.6) is 0 Å². The van der Waals surface area contributed by atoms with Gasteiger partial charge in [-0.2, -0.15) is 0 Å². The highest BCUT2D eigenvalue weighted by Gasteiger charge is 2.29. The number of benzene rings is 1. The first-order chi connectivity index (χ1) is 14.6. The normalized spacial score (nSPS) is 21.6. The van der Waals surface area contributed by atoms with E-state index in [0.29, 0.717) is 24.7 Å². The second kappa shape index (κ2) is 9.40. The summed E-state index contributed by atoms with van der Waals surface area (Å²) in [4.78, 5) is 29.3. The molecule has 2 fully saturated rings. The topological polar surface area (TPSA) is 84.3 Å². The minimum atomic E-state index is -0.0757. The van der Waals surface area contributed by atoms with Crippen molar-refractivity contribution in [2.24, 2.45) is 0 Å². The zero-order valence-electron chi connectivity index (χ0n) is 17.6. The van der Waals surface area contributed by atoms with Crippen LogP contribution in [0.15, 0.2) is 34.9 Å². The maximum atomic E-state index is 12.4. The Hall–Kier alpha value is -2.71. The average Bonchev–Trinajstić information content (AvgIpc) is 3.42. The van der Waals surface area contributed by atoms with Crippen molar-refractivity contribution in [1.82, 2.24) is 10.1 Å². The molecule has 160 valence electrons. The van der Waals surface area contributed by atoms with Gasteiger partial charge in [0.15, 0.2) is 13.1 Å². The smallest absolute Gasteiger partial charge is 0.281 e. The Morgan fingerprint density at radius 3 is 2.33 bits per heavy atom. The number of anilines is 1. The molecule has 0 atom stereocenters. The van der Waals surface area contributed by atoms with Crippen molar-refractivity contribution in [3.8, 4) is 11.3 Å². The predicted molar refractivity (Wildman–Crippen MR) is 112 cm³/mol. The minimum Gasteiger partial charge on any atom is -0.338 e. The fourth-order valence-corrected chi connectivity index (χ4v) is 4.21. The van der Waals surface area contributed by atoms with Crippen molar-refractivity contribution < 1.29 is 23.9 Å². The number of rotatable bonds is 6. The number of carbonyl (C=O) groups excluding carboxylic acids is 2. The molecule has 0 unspecified atom stereocenters. The summed E-state index contributed by atoms with van der Waals surface area (Å²) in [6.45, 7) is 8.46.